The second-order valence-electron chi connectivity index (χ2n) is 7.30. The van der Waals surface area contributed by atoms with Gasteiger partial charge in [-0.3, -0.25) is 9.78 Å². The number of H-pyrrole nitrogens is 1. The van der Waals surface area contributed by atoms with Gasteiger partial charge < -0.3 is 10.3 Å². The molecule has 31 heavy (non-hydrogen) atoms. The van der Waals surface area contributed by atoms with Crippen LogP contribution in [0.5, 0.6) is 0 Å². The largest absolute Gasteiger partial charge is 0.370 e. The fourth-order valence-electron chi connectivity index (χ4n) is 3.70. The average molecular weight is 414 g/mol. The van der Waals surface area contributed by atoms with E-state index in [4.69, 9.17) is 0 Å². The summed E-state index contributed by atoms with van der Waals surface area (Å²) in [7, 11) is 0. The number of pyridine rings is 1. The Morgan fingerprint density at radius 3 is 2.90 bits per heavy atom. The van der Waals surface area contributed by atoms with Gasteiger partial charge in [0, 0.05) is 41.5 Å². The van der Waals surface area contributed by atoms with Crippen molar-refractivity contribution in [3.8, 4) is 11.3 Å². The molecule has 0 aliphatic heterocycles. The molecule has 0 atom stereocenters. The lowest BCUT2D eigenvalue weighted by molar-refractivity contribution is 0.101. The Hall–Kier alpha value is -4.07. The van der Waals surface area contributed by atoms with E-state index in [0.29, 0.717) is 34.8 Å². The number of benzene rings is 1. The molecule has 0 aliphatic rings. The molecule has 0 radical (unpaired) electrons. The van der Waals surface area contributed by atoms with Crippen molar-refractivity contribution >= 4 is 28.2 Å². The van der Waals surface area contributed by atoms with Crippen LogP contribution in [0.3, 0.4) is 0 Å². The summed E-state index contributed by atoms with van der Waals surface area (Å²) in [4.78, 5) is 23.8. The highest BCUT2D eigenvalue weighted by atomic mass is 19.1. The Labute approximate surface area is 177 Å². The number of carbonyl (C=O) groups excluding carboxylic acids is 1. The summed E-state index contributed by atoms with van der Waals surface area (Å²) in [6.07, 6.45) is 6.98. The Morgan fingerprint density at radius 1 is 1.19 bits per heavy atom. The van der Waals surface area contributed by atoms with Crippen LogP contribution in [-0.4, -0.2) is 36.9 Å². The molecule has 0 fully saturated rings. The average Bonchev–Trinajstić information content (AvgIpc) is 3.38. The molecule has 0 unspecified atom stereocenters. The maximum absolute atomic E-state index is 13.7. The molecular weight excluding hydrogens is 395 g/mol. The maximum Gasteiger partial charge on any atom is 0.168 e. The summed E-state index contributed by atoms with van der Waals surface area (Å²) in [6.45, 7) is 2.11. The molecule has 5 rings (SSSR count). The maximum atomic E-state index is 13.7. The number of nitrogens with one attached hydrogen (secondary N) is 2. The van der Waals surface area contributed by atoms with Crippen LogP contribution in [0, 0.1) is 5.82 Å². The van der Waals surface area contributed by atoms with Crippen LogP contribution in [-0.2, 0) is 6.42 Å². The SMILES string of the molecule is CC(=O)c1cnn2c(NCCc3c[nH]c4ccccc34)cc(-c3cncc(F)c3)nc12. The number of hydrogen-bond acceptors (Lipinski definition) is 5. The summed E-state index contributed by atoms with van der Waals surface area (Å²) in [5, 5.41) is 8.91. The van der Waals surface area contributed by atoms with E-state index in [9.17, 15) is 9.18 Å². The number of rotatable bonds is 6. The summed E-state index contributed by atoms with van der Waals surface area (Å²) in [5.74, 6) is 0.0756. The van der Waals surface area contributed by atoms with E-state index in [-0.39, 0.29) is 5.78 Å². The Morgan fingerprint density at radius 2 is 2.06 bits per heavy atom. The first kappa shape index (κ1) is 18.9. The number of para-hydroxylation sites is 1. The minimum absolute atomic E-state index is 0.137. The van der Waals surface area contributed by atoms with E-state index in [1.54, 1.807) is 16.8 Å². The molecule has 1 aromatic carbocycles. The van der Waals surface area contributed by atoms with Gasteiger partial charge in [0.25, 0.3) is 0 Å². The number of ketones is 1. The molecule has 8 heteroatoms. The van der Waals surface area contributed by atoms with E-state index in [1.807, 2.05) is 24.4 Å². The quantitative estimate of drug-likeness (QED) is 0.405. The van der Waals surface area contributed by atoms with Crippen molar-refractivity contribution in [1.29, 1.82) is 0 Å². The highest BCUT2D eigenvalue weighted by Gasteiger charge is 2.16. The summed E-state index contributed by atoms with van der Waals surface area (Å²) in [6, 6.07) is 11.3. The van der Waals surface area contributed by atoms with Gasteiger partial charge in [-0.2, -0.15) is 9.61 Å². The minimum Gasteiger partial charge on any atom is -0.370 e. The van der Waals surface area contributed by atoms with Gasteiger partial charge in [-0.1, -0.05) is 18.2 Å². The Kier molecular flexibility index (Phi) is 4.66. The number of halogens is 1. The molecule has 0 aliphatic carbocycles. The summed E-state index contributed by atoms with van der Waals surface area (Å²) >= 11 is 0. The van der Waals surface area contributed by atoms with Gasteiger partial charge in [-0.15, -0.1) is 0 Å². The molecule has 7 nitrogen and oxygen atoms in total. The van der Waals surface area contributed by atoms with Crippen molar-refractivity contribution < 1.29 is 9.18 Å². The molecule has 154 valence electrons. The van der Waals surface area contributed by atoms with E-state index in [2.05, 4.69) is 31.4 Å². The number of aromatic amines is 1. The number of nitrogens with zero attached hydrogens (tertiary/aromatic N) is 4. The molecule has 0 saturated carbocycles. The lowest BCUT2D eigenvalue weighted by atomic mass is 10.1. The number of anilines is 1. The van der Waals surface area contributed by atoms with E-state index >= 15 is 0 Å². The third kappa shape index (κ3) is 3.52. The first-order valence-electron chi connectivity index (χ1n) is 9.89. The van der Waals surface area contributed by atoms with Crippen LogP contribution in [0.2, 0.25) is 0 Å². The van der Waals surface area contributed by atoms with Crippen LogP contribution in [0.25, 0.3) is 27.8 Å². The van der Waals surface area contributed by atoms with E-state index in [0.717, 1.165) is 18.1 Å². The van der Waals surface area contributed by atoms with Crippen LogP contribution >= 0.6 is 0 Å². The molecule has 2 N–H and O–H groups in total. The zero-order valence-electron chi connectivity index (χ0n) is 16.8. The molecule has 0 spiro atoms. The number of carbonyl (C=O) groups is 1. The highest BCUT2D eigenvalue weighted by Crippen LogP contribution is 2.24. The van der Waals surface area contributed by atoms with Gasteiger partial charge in [0.2, 0.25) is 0 Å². The van der Waals surface area contributed by atoms with Gasteiger partial charge in [0.1, 0.15) is 11.6 Å². The molecule has 0 bridgehead atoms. The molecule has 4 heterocycles. The predicted molar refractivity (Wildman–Crippen MR) is 117 cm³/mol. The number of aromatic nitrogens is 5. The van der Waals surface area contributed by atoms with Crippen LogP contribution in [0.15, 0.2) is 61.2 Å². The van der Waals surface area contributed by atoms with Crippen molar-refractivity contribution in [3.05, 3.63) is 78.1 Å². The van der Waals surface area contributed by atoms with Crippen molar-refractivity contribution in [1.82, 2.24) is 24.6 Å². The molecular formula is C23H19FN6O. The summed E-state index contributed by atoms with van der Waals surface area (Å²) < 4.78 is 15.3. The predicted octanol–water partition coefficient (Wildman–Crippen LogP) is 4.27. The minimum atomic E-state index is -0.451. The van der Waals surface area contributed by atoms with E-state index < -0.39 is 5.82 Å². The molecule has 4 aromatic heterocycles. The lowest BCUT2D eigenvalue weighted by Crippen LogP contribution is -2.10. The number of hydrogen-bond donors (Lipinski definition) is 2. The third-order valence-electron chi connectivity index (χ3n) is 5.23. The molecule has 0 amide bonds. The lowest BCUT2D eigenvalue weighted by Gasteiger charge is -2.11. The molecule has 5 aromatic rings. The standard InChI is InChI=1S/C23H19FN6O/c1-14(31)19-13-28-30-22(9-21(29-23(19)30)16-8-17(24)12-25-10-16)26-7-6-15-11-27-20-5-3-2-4-18(15)20/h2-5,8-13,26-27H,6-7H2,1H3. The van der Waals surface area contributed by atoms with Crippen LogP contribution in [0.1, 0.15) is 22.8 Å². The van der Waals surface area contributed by atoms with Crippen molar-refractivity contribution in [2.75, 3.05) is 11.9 Å². The fourth-order valence-corrected chi connectivity index (χ4v) is 3.70. The number of Topliss-reactive ketones (excluding diaryl/α,β-unsaturated/α-hetero) is 1. The van der Waals surface area contributed by atoms with Crippen LogP contribution in [0.4, 0.5) is 10.2 Å². The van der Waals surface area contributed by atoms with E-state index in [1.165, 1.54) is 30.1 Å². The third-order valence-corrected chi connectivity index (χ3v) is 5.23. The van der Waals surface area contributed by atoms with Crippen molar-refractivity contribution in [3.63, 3.8) is 0 Å². The van der Waals surface area contributed by atoms with Crippen molar-refractivity contribution in [2.24, 2.45) is 0 Å². The zero-order chi connectivity index (χ0) is 21.4. The first-order chi connectivity index (χ1) is 15.1. The van der Waals surface area contributed by atoms with Gasteiger partial charge in [0.05, 0.1) is 23.7 Å². The van der Waals surface area contributed by atoms with Gasteiger partial charge in [0.15, 0.2) is 11.4 Å². The van der Waals surface area contributed by atoms with Gasteiger partial charge in [-0.05, 0) is 31.0 Å². The molecule has 0 saturated heterocycles. The topological polar surface area (TPSA) is 88.0 Å². The Bertz CT molecular complexity index is 1420. The second kappa shape index (κ2) is 7.64. The summed E-state index contributed by atoms with van der Waals surface area (Å²) in [5.41, 5.74) is 4.17. The fraction of sp³-hybridized carbons (Fsp3) is 0.130. The normalized spacial score (nSPS) is 11.3. The van der Waals surface area contributed by atoms with Gasteiger partial charge >= 0.3 is 0 Å². The van der Waals surface area contributed by atoms with Gasteiger partial charge in [-0.25, -0.2) is 9.37 Å². The smallest absolute Gasteiger partial charge is 0.168 e. The zero-order valence-corrected chi connectivity index (χ0v) is 16.8. The van der Waals surface area contributed by atoms with Crippen molar-refractivity contribution in [2.45, 2.75) is 13.3 Å². The number of fused-ring (bicyclic) bond motifs is 2. The van der Waals surface area contributed by atoms with Crippen LogP contribution < -0.4 is 5.32 Å². The first-order valence-corrected chi connectivity index (χ1v) is 9.89. The second-order valence-corrected chi connectivity index (χ2v) is 7.30. The monoisotopic (exact) mass is 414 g/mol. The Balaban J connectivity index is 1.50. The highest BCUT2D eigenvalue weighted by molar-refractivity contribution is 6.00.